The predicted molar refractivity (Wildman–Crippen MR) is 135 cm³/mol. The zero-order valence-corrected chi connectivity index (χ0v) is 19.4. The van der Waals surface area contributed by atoms with Gasteiger partial charge in [0.1, 0.15) is 0 Å². The van der Waals surface area contributed by atoms with E-state index in [9.17, 15) is 19.2 Å². The fourth-order valence-electron chi connectivity index (χ4n) is 5.15. The molecule has 0 aliphatic carbocycles. The summed E-state index contributed by atoms with van der Waals surface area (Å²) in [5, 5.41) is 0.806. The van der Waals surface area contributed by atoms with Crippen LogP contribution < -0.4 is 0 Å². The third-order valence-electron chi connectivity index (χ3n) is 7.00. The number of benzene rings is 4. The maximum absolute atomic E-state index is 13.4. The molecule has 6 nitrogen and oxygen atoms in total. The molecular formula is C30H22N2O4. The number of nitrogens with zero attached hydrogens (tertiary/aromatic N) is 2. The molecule has 6 rings (SSSR count). The van der Waals surface area contributed by atoms with Crippen LogP contribution in [0.4, 0.5) is 0 Å². The Balaban J connectivity index is 1.35. The Morgan fingerprint density at radius 2 is 0.722 bits per heavy atom. The monoisotopic (exact) mass is 474 g/mol. The normalized spacial score (nSPS) is 14.7. The zero-order valence-electron chi connectivity index (χ0n) is 19.4. The summed E-state index contributed by atoms with van der Waals surface area (Å²) in [6.07, 6.45) is 1.08. The van der Waals surface area contributed by atoms with Crippen LogP contribution in [0.3, 0.4) is 0 Å². The van der Waals surface area contributed by atoms with Crippen LogP contribution in [-0.2, 0) is 12.8 Å². The quantitative estimate of drug-likeness (QED) is 0.385. The van der Waals surface area contributed by atoms with Crippen molar-refractivity contribution in [3.8, 4) is 0 Å². The van der Waals surface area contributed by atoms with E-state index in [0.717, 1.165) is 11.1 Å². The van der Waals surface area contributed by atoms with Crippen molar-refractivity contribution in [3.63, 3.8) is 0 Å². The third-order valence-corrected chi connectivity index (χ3v) is 7.00. The van der Waals surface area contributed by atoms with Crippen LogP contribution in [0.15, 0.2) is 84.9 Å². The summed E-state index contributed by atoms with van der Waals surface area (Å²) in [5.74, 6) is -1.62. The maximum Gasteiger partial charge on any atom is 0.261 e. The summed E-state index contributed by atoms with van der Waals surface area (Å²) in [6, 6.07) is 25.8. The van der Waals surface area contributed by atoms with E-state index < -0.39 is 23.6 Å². The molecule has 0 saturated carbocycles. The number of carbonyl (C=O) groups excluding carboxylic acids is 4. The van der Waals surface area contributed by atoms with Crippen molar-refractivity contribution in [3.05, 3.63) is 118 Å². The second-order valence-electron chi connectivity index (χ2n) is 9.07. The van der Waals surface area contributed by atoms with Crippen molar-refractivity contribution in [1.82, 2.24) is 9.80 Å². The summed E-state index contributed by atoms with van der Waals surface area (Å²) in [4.78, 5) is 56.0. The maximum atomic E-state index is 13.4. The van der Waals surface area contributed by atoms with Crippen LogP contribution in [0.5, 0.6) is 0 Å². The largest absolute Gasteiger partial charge is 0.274 e. The van der Waals surface area contributed by atoms with Gasteiger partial charge in [0.25, 0.3) is 23.6 Å². The summed E-state index contributed by atoms with van der Waals surface area (Å²) in [7, 11) is 0. The summed E-state index contributed by atoms with van der Waals surface area (Å²) in [6.45, 7) is 0.495. The molecule has 0 bridgehead atoms. The van der Waals surface area contributed by atoms with Crippen LogP contribution in [0.2, 0.25) is 0 Å². The molecule has 0 N–H and O–H groups in total. The van der Waals surface area contributed by atoms with Gasteiger partial charge in [0.15, 0.2) is 0 Å². The van der Waals surface area contributed by atoms with Crippen molar-refractivity contribution < 1.29 is 19.2 Å². The molecule has 0 fully saturated rings. The summed E-state index contributed by atoms with van der Waals surface area (Å²) in [5.41, 5.74) is 3.43. The van der Waals surface area contributed by atoms with Crippen LogP contribution >= 0.6 is 0 Å². The van der Waals surface area contributed by atoms with E-state index in [1.165, 1.54) is 9.80 Å². The second-order valence-corrected chi connectivity index (χ2v) is 9.07. The van der Waals surface area contributed by atoms with Crippen molar-refractivity contribution in [1.29, 1.82) is 0 Å². The van der Waals surface area contributed by atoms with Gasteiger partial charge in [0.05, 0.1) is 0 Å². The number of rotatable bonds is 6. The molecule has 2 heterocycles. The van der Waals surface area contributed by atoms with Crippen molar-refractivity contribution >= 4 is 34.4 Å². The van der Waals surface area contributed by atoms with Gasteiger partial charge in [0, 0.05) is 46.1 Å². The van der Waals surface area contributed by atoms with Gasteiger partial charge in [-0.1, -0.05) is 60.7 Å². The fourth-order valence-corrected chi connectivity index (χ4v) is 5.15. The van der Waals surface area contributed by atoms with E-state index in [2.05, 4.69) is 0 Å². The summed E-state index contributed by atoms with van der Waals surface area (Å²) < 4.78 is 0. The molecule has 2 aliphatic heterocycles. The molecule has 0 atom stereocenters. The smallest absolute Gasteiger partial charge is 0.261 e. The molecule has 4 aromatic carbocycles. The van der Waals surface area contributed by atoms with Gasteiger partial charge in [-0.25, -0.2) is 0 Å². The van der Waals surface area contributed by atoms with Crippen LogP contribution in [-0.4, -0.2) is 46.5 Å². The van der Waals surface area contributed by atoms with Gasteiger partial charge in [-0.3, -0.25) is 29.0 Å². The van der Waals surface area contributed by atoms with Gasteiger partial charge < -0.3 is 0 Å². The minimum absolute atomic E-state index is 0.247. The average Bonchev–Trinajstić information content (AvgIpc) is 2.91. The molecular weight excluding hydrogens is 452 g/mol. The lowest BCUT2D eigenvalue weighted by molar-refractivity contribution is 0.0590. The molecule has 0 unspecified atom stereocenters. The standard InChI is InChI=1S/C30H22N2O4/c33-27-21-11-13-23-26-24(30(36)32(29(23)35)18-16-20-9-5-2-6-10-20)14-12-22(25(21)26)28(34)31(27)17-15-19-7-3-1-4-8-19/h1-14H,15-18H2. The molecule has 0 spiro atoms. The molecule has 0 saturated heterocycles. The van der Waals surface area contributed by atoms with Gasteiger partial charge in [-0.2, -0.15) is 0 Å². The first-order valence-electron chi connectivity index (χ1n) is 11.9. The lowest BCUT2D eigenvalue weighted by Crippen LogP contribution is -2.44. The molecule has 176 valence electrons. The molecule has 36 heavy (non-hydrogen) atoms. The van der Waals surface area contributed by atoms with Gasteiger partial charge >= 0.3 is 0 Å². The number of carbonyl (C=O) groups is 4. The molecule has 6 heteroatoms. The van der Waals surface area contributed by atoms with Gasteiger partial charge in [-0.05, 0) is 48.2 Å². The molecule has 4 amide bonds. The van der Waals surface area contributed by atoms with Crippen LogP contribution in [0.1, 0.15) is 52.6 Å². The number of amides is 4. The Morgan fingerprint density at radius 1 is 0.417 bits per heavy atom. The van der Waals surface area contributed by atoms with E-state index in [4.69, 9.17) is 0 Å². The highest BCUT2D eigenvalue weighted by Crippen LogP contribution is 2.37. The zero-order chi connectivity index (χ0) is 24.8. The minimum atomic E-state index is -0.404. The number of imide groups is 2. The first-order chi connectivity index (χ1) is 17.5. The highest BCUT2D eigenvalue weighted by Gasteiger charge is 2.39. The van der Waals surface area contributed by atoms with Crippen molar-refractivity contribution in [2.75, 3.05) is 13.1 Å². The molecule has 0 radical (unpaired) electrons. The van der Waals surface area contributed by atoms with E-state index in [0.29, 0.717) is 45.9 Å². The highest BCUT2D eigenvalue weighted by atomic mass is 16.2. The second kappa shape index (κ2) is 8.57. The molecule has 4 aromatic rings. The number of hydrogen-bond acceptors (Lipinski definition) is 4. The first-order valence-corrected chi connectivity index (χ1v) is 11.9. The van der Waals surface area contributed by atoms with E-state index in [-0.39, 0.29) is 13.1 Å². The third kappa shape index (κ3) is 3.41. The SMILES string of the molecule is O=C1c2ccc3c4c(ccc(c24)C(=O)N1CCc1ccccc1)C(=O)N(CCc1ccccc1)C3=O. The van der Waals surface area contributed by atoms with Crippen molar-refractivity contribution in [2.24, 2.45) is 0 Å². The van der Waals surface area contributed by atoms with Crippen molar-refractivity contribution in [2.45, 2.75) is 12.8 Å². The molecule has 2 aliphatic rings. The Hall–Kier alpha value is -4.58. The Morgan fingerprint density at radius 3 is 1.03 bits per heavy atom. The van der Waals surface area contributed by atoms with Gasteiger partial charge in [-0.15, -0.1) is 0 Å². The molecule has 0 aromatic heterocycles. The van der Waals surface area contributed by atoms with E-state index in [1.54, 1.807) is 24.3 Å². The Labute approximate surface area is 207 Å². The average molecular weight is 475 g/mol. The van der Waals surface area contributed by atoms with E-state index >= 15 is 0 Å². The predicted octanol–water partition coefficient (Wildman–Crippen LogP) is 4.52. The van der Waals surface area contributed by atoms with Gasteiger partial charge in [0.2, 0.25) is 0 Å². The topological polar surface area (TPSA) is 74.8 Å². The number of hydrogen-bond donors (Lipinski definition) is 0. The fraction of sp³-hybridized carbons (Fsp3) is 0.133. The first kappa shape index (κ1) is 21.9. The lowest BCUT2D eigenvalue weighted by Gasteiger charge is -2.32. The lowest BCUT2D eigenvalue weighted by atomic mass is 9.85. The minimum Gasteiger partial charge on any atom is -0.274 e. The van der Waals surface area contributed by atoms with Crippen LogP contribution in [0.25, 0.3) is 10.8 Å². The Bertz CT molecular complexity index is 1370. The Kier molecular flexibility index (Phi) is 5.22. The van der Waals surface area contributed by atoms with Crippen LogP contribution in [0, 0.1) is 0 Å². The van der Waals surface area contributed by atoms with E-state index in [1.807, 2.05) is 60.7 Å². The summed E-state index contributed by atoms with van der Waals surface area (Å²) >= 11 is 0. The highest BCUT2D eigenvalue weighted by molar-refractivity contribution is 6.33.